The molecule has 30 heavy (non-hydrogen) atoms. The lowest BCUT2D eigenvalue weighted by molar-refractivity contribution is -0.112. The number of aryl methyl sites for hydroxylation is 1. The number of amides is 1. The van der Waals surface area contributed by atoms with Crippen molar-refractivity contribution in [3.05, 3.63) is 45.3 Å². The lowest BCUT2D eigenvalue weighted by atomic mass is 9.96. The maximum atomic E-state index is 12.8. The third-order valence-electron chi connectivity index (χ3n) is 4.77. The number of benzene rings is 1. The van der Waals surface area contributed by atoms with Crippen LogP contribution in [0.3, 0.4) is 0 Å². The number of carbonyl (C=O) groups excluding carboxylic acids is 1. The minimum absolute atomic E-state index is 0.0598. The van der Waals surface area contributed by atoms with Crippen LogP contribution < -0.4 is 14.8 Å². The maximum Gasteiger partial charge on any atom is 0.266 e. The molecule has 0 saturated carbocycles. The molecule has 1 N–H and O–H groups in total. The lowest BCUT2D eigenvalue weighted by Gasteiger charge is -2.11. The van der Waals surface area contributed by atoms with Crippen LogP contribution in [0.25, 0.3) is 6.08 Å². The number of anilines is 1. The lowest BCUT2D eigenvalue weighted by Crippen LogP contribution is -2.13. The van der Waals surface area contributed by atoms with Gasteiger partial charge < -0.3 is 14.8 Å². The smallest absolute Gasteiger partial charge is 0.266 e. The van der Waals surface area contributed by atoms with Gasteiger partial charge in [-0.2, -0.15) is 10.5 Å². The molecule has 2 aromatic rings. The Kier molecular flexibility index (Phi) is 7.11. The van der Waals surface area contributed by atoms with E-state index in [1.54, 1.807) is 18.2 Å². The van der Waals surface area contributed by atoms with Gasteiger partial charge in [-0.05, 0) is 63.3 Å². The molecule has 0 spiro atoms. The molecule has 7 heteroatoms. The average Bonchev–Trinajstić information content (AvgIpc) is 3.10. The van der Waals surface area contributed by atoms with E-state index in [2.05, 4.69) is 11.4 Å². The van der Waals surface area contributed by atoms with Gasteiger partial charge in [-0.25, -0.2) is 0 Å². The normalized spacial score (nSPS) is 13.0. The molecule has 1 aromatic heterocycles. The summed E-state index contributed by atoms with van der Waals surface area (Å²) in [5.41, 5.74) is 2.11. The number of nitrogens with zero attached hydrogens (tertiary/aromatic N) is 2. The summed E-state index contributed by atoms with van der Waals surface area (Å²) in [6.45, 7) is 4.72. The van der Waals surface area contributed by atoms with Crippen LogP contribution in [0.4, 0.5) is 5.00 Å². The minimum Gasteiger partial charge on any atom is -0.494 e. The van der Waals surface area contributed by atoms with E-state index in [4.69, 9.17) is 9.47 Å². The van der Waals surface area contributed by atoms with Gasteiger partial charge in [-0.1, -0.05) is 0 Å². The molecule has 6 nitrogen and oxygen atoms in total. The molecular formula is C23H23N3O3S. The van der Waals surface area contributed by atoms with Crippen molar-refractivity contribution in [1.82, 2.24) is 0 Å². The SMILES string of the molecule is CCOc1ccc(/C=C(\C#N)C(=O)Nc2sc3c(c2C#N)CCCC3)c(OCC)c1. The Hall–Kier alpha value is -3.29. The summed E-state index contributed by atoms with van der Waals surface area (Å²) in [6.07, 6.45) is 5.42. The fraction of sp³-hybridized carbons (Fsp3) is 0.348. The largest absolute Gasteiger partial charge is 0.494 e. The Balaban J connectivity index is 1.89. The summed E-state index contributed by atoms with van der Waals surface area (Å²) >= 11 is 1.44. The highest BCUT2D eigenvalue weighted by molar-refractivity contribution is 7.16. The van der Waals surface area contributed by atoms with Gasteiger partial charge in [0.15, 0.2) is 0 Å². The first-order valence-electron chi connectivity index (χ1n) is 9.98. The highest BCUT2D eigenvalue weighted by atomic mass is 32.1. The molecule has 0 bridgehead atoms. The van der Waals surface area contributed by atoms with E-state index in [0.717, 1.165) is 36.1 Å². The number of rotatable bonds is 7. The summed E-state index contributed by atoms with van der Waals surface area (Å²) in [7, 11) is 0. The minimum atomic E-state index is -0.538. The van der Waals surface area contributed by atoms with Gasteiger partial charge in [0.05, 0.1) is 18.8 Å². The monoisotopic (exact) mass is 421 g/mol. The Morgan fingerprint density at radius 1 is 1.20 bits per heavy atom. The second kappa shape index (κ2) is 9.96. The predicted octanol–water partition coefficient (Wildman–Crippen LogP) is 4.84. The summed E-state index contributed by atoms with van der Waals surface area (Å²) in [5, 5.41) is 22.4. The van der Waals surface area contributed by atoms with E-state index in [0.29, 0.717) is 40.8 Å². The molecule has 0 saturated heterocycles. The topological polar surface area (TPSA) is 95.1 Å². The van der Waals surface area contributed by atoms with Crippen molar-refractivity contribution in [3.63, 3.8) is 0 Å². The molecule has 1 aliphatic carbocycles. The Morgan fingerprint density at radius 2 is 1.97 bits per heavy atom. The van der Waals surface area contributed by atoms with Crippen LogP contribution in [0.1, 0.15) is 48.3 Å². The molecule has 1 aromatic carbocycles. The maximum absolute atomic E-state index is 12.8. The second-order valence-corrected chi connectivity index (χ2v) is 7.82. The summed E-state index contributed by atoms with van der Waals surface area (Å²) in [5.74, 6) is 0.654. The van der Waals surface area contributed by atoms with Crippen LogP contribution in [0.5, 0.6) is 11.5 Å². The van der Waals surface area contributed by atoms with E-state index in [-0.39, 0.29) is 5.57 Å². The summed E-state index contributed by atoms with van der Waals surface area (Å²) in [6, 6.07) is 9.45. The van der Waals surface area contributed by atoms with Gasteiger partial charge in [0.2, 0.25) is 0 Å². The highest BCUT2D eigenvalue weighted by Gasteiger charge is 2.23. The standard InChI is InChI=1S/C23H23N3O3S/c1-3-28-17-10-9-15(20(12-17)29-4-2)11-16(13-24)22(27)26-23-19(14-25)18-7-5-6-8-21(18)30-23/h9-12H,3-8H2,1-2H3,(H,26,27)/b16-11+. The van der Waals surface area contributed by atoms with E-state index < -0.39 is 5.91 Å². The third kappa shape index (κ3) is 4.64. The number of hydrogen-bond acceptors (Lipinski definition) is 6. The Labute approximate surface area is 180 Å². The van der Waals surface area contributed by atoms with E-state index in [1.807, 2.05) is 19.9 Å². The summed E-state index contributed by atoms with van der Waals surface area (Å²) < 4.78 is 11.1. The molecule has 1 aliphatic rings. The van der Waals surface area contributed by atoms with E-state index in [9.17, 15) is 15.3 Å². The van der Waals surface area contributed by atoms with Gasteiger partial charge in [0, 0.05) is 16.5 Å². The van der Waals surface area contributed by atoms with Crippen LogP contribution in [0.15, 0.2) is 23.8 Å². The van der Waals surface area contributed by atoms with Gasteiger partial charge in [0.25, 0.3) is 5.91 Å². The molecule has 0 fully saturated rings. The first-order valence-corrected chi connectivity index (χ1v) is 10.8. The first kappa shape index (κ1) is 21.4. The van der Waals surface area contributed by atoms with Crippen LogP contribution in [-0.2, 0) is 17.6 Å². The number of carbonyl (C=O) groups is 1. The van der Waals surface area contributed by atoms with Crippen molar-refractivity contribution >= 4 is 28.3 Å². The zero-order valence-electron chi connectivity index (χ0n) is 17.1. The van der Waals surface area contributed by atoms with Crippen LogP contribution >= 0.6 is 11.3 Å². The van der Waals surface area contributed by atoms with Gasteiger partial charge >= 0.3 is 0 Å². The van der Waals surface area contributed by atoms with Crippen molar-refractivity contribution < 1.29 is 14.3 Å². The highest BCUT2D eigenvalue weighted by Crippen LogP contribution is 2.38. The molecule has 1 amide bonds. The average molecular weight is 422 g/mol. The molecule has 0 unspecified atom stereocenters. The van der Waals surface area contributed by atoms with Gasteiger partial charge in [-0.15, -0.1) is 11.3 Å². The van der Waals surface area contributed by atoms with E-state index >= 15 is 0 Å². The number of nitrogens with one attached hydrogen (secondary N) is 1. The molecule has 154 valence electrons. The van der Waals surface area contributed by atoms with Crippen LogP contribution in [-0.4, -0.2) is 19.1 Å². The number of thiophene rings is 1. The number of nitriles is 2. The Morgan fingerprint density at radius 3 is 2.67 bits per heavy atom. The zero-order chi connectivity index (χ0) is 21.5. The molecule has 0 atom stereocenters. The molecule has 3 rings (SSSR count). The van der Waals surface area contributed by atoms with Gasteiger partial charge in [0.1, 0.15) is 34.2 Å². The third-order valence-corrected chi connectivity index (χ3v) is 5.98. The van der Waals surface area contributed by atoms with Crippen LogP contribution in [0.2, 0.25) is 0 Å². The fourth-order valence-electron chi connectivity index (χ4n) is 3.42. The van der Waals surface area contributed by atoms with Crippen molar-refractivity contribution in [1.29, 1.82) is 10.5 Å². The molecule has 0 radical (unpaired) electrons. The zero-order valence-corrected chi connectivity index (χ0v) is 17.9. The molecule has 0 aliphatic heterocycles. The van der Waals surface area contributed by atoms with Crippen molar-refractivity contribution in [2.75, 3.05) is 18.5 Å². The fourth-order valence-corrected chi connectivity index (χ4v) is 4.65. The van der Waals surface area contributed by atoms with Crippen molar-refractivity contribution in [3.8, 4) is 23.6 Å². The van der Waals surface area contributed by atoms with Gasteiger partial charge in [-0.3, -0.25) is 4.79 Å². The number of hydrogen-bond donors (Lipinski definition) is 1. The van der Waals surface area contributed by atoms with Crippen molar-refractivity contribution in [2.24, 2.45) is 0 Å². The Bertz CT molecular complexity index is 1060. The van der Waals surface area contributed by atoms with E-state index in [1.165, 1.54) is 17.4 Å². The number of ether oxygens (including phenoxy) is 2. The molecular weight excluding hydrogens is 398 g/mol. The van der Waals surface area contributed by atoms with Crippen molar-refractivity contribution in [2.45, 2.75) is 39.5 Å². The quantitative estimate of drug-likeness (QED) is 0.510. The molecule has 1 heterocycles. The predicted molar refractivity (Wildman–Crippen MR) is 117 cm³/mol. The van der Waals surface area contributed by atoms with Crippen LogP contribution in [0, 0.1) is 22.7 Å². The summed E-state index contributed by atoms with van der Waals surface area (Å²) in [4.78, 5) is 14.0. The second-order valence-electron chi connectivity index (χ2n) is 6.72. The first-order chi connectivity index (χ1) is 14.6. The number of fused-ring (bicyclic) bond motifs is 1.